The zero-order valence-electron chi connectivity index (χ0n) is 55.0. The Kier molecular flexibility index (Phi) is 21.4. The van der Waals surface area contributed by atoms with Gasteiger partial charge < -0.3 is 46.1 Å². The topological polar surface area (TPSA) is 215 Å². The quantitative estimate of drug-likeness (QED) is 0.0645. The first-order valence-electron chi connectivity index (χ1n) is 34.2. The highest BCUT2D eigenvalue weighted by Gasteiger charge is 2.29. The summed E-state index contributed by atoms with van der Waals surface area (Å²) in [5, 5.41) is 29.2. The van der Waals surface area contributed by atoms with Crippen LogP contribution in [0.2, 0.25) is 0 Å². The molecule has 1 saturated carbocycles. The van der Waals surface area contributed by atoms with E-state index < -0.39 is 0 Å². The molecule has 19 heteroatoms. The number of aromatic nitrogens is 6. The molecule has 18 rings (SSSR count). The number of nitrogens with zero attached hydrogens (tertiary/aromatic N) is 3. The van der Waals surface area contributed by atoms with E-state index in [2.05, 4.69) is 113 Å². The first-order valence-corrected chi connectivity index (χ1v) is 36.8. The third-order valence-electron chi connectivity index (χ3n) is 19.6. The summed E-state index contributed by atoms with van der Waals surface area (Å²) < 4.78 is 5.11. The highest BCUT2D eigenvalue weighted by molar-refractivity contribution is 7.13. The predicted octanol–water partition coefficient (Wildman–Crippen LogP) is 17.4. The molecule has 8 aliphatic rings. The van der Waals surface area contributed by atoms with E-state index in [1.807, 2.05) is 54.6 Å². The standard InChI is InChI=1S/C26H27N3OS.C25H26N4OS.C17H12N2OS.C9H13NO.CH4O.ClH/c30-25-21(14-19-12-17-8-4-5-9-22(17)27-19)20-13-18(10-11-23(20)28-25)24-15-31-26(29-24)16-6-2-1-3-7-16;30-24-20(13-18-11-16-3-1-2-4-21(16)27-18)19-12-17(5-6-22(19)28-24)23-14-31-25(29-23)15-7-9-26-10-8-15;20-16-9-13-8-12(6-7-14(13)18-16)15-10-21-17(19-15)11-4-2-1-3-5-11;1-11-9-6-7-4-2-3-5-8(7)10-9;1-2;/h10-16,27H,1-9H2,(H,28,30);5-6,11-15,26-27H,1-4,7-10H2,(H,28,30);1-8,10H,9H2,(H,18,20);6,10H,2-5H2,1H3;2H,1H3;1H/b21-14-;20-13-;;;;. The van der Waals surface area contributed by atoms with Crippen LogP contribution in [0.15, 0.2) is 119 Å². The Balaban J connectivity index is 0.000000121. The van der Waals surface area contributed by atoms with Crippen molar-refractivity contribution in [2.24, 2.45) is 0 Å². The van der Waals surface area contributed by atoms with Crippen LogP contribution in [0.25, 0.3) is 67.6 Å². The van der Waals surface area contributed by atoms with Gasteiger partial charge in [-0.3, -0.25) is 14.4 Å². The van der Waals surface area contributed by atoms with E-state index in [0.29, 0.717) is 18.3 Å². The molecule has 3 amide bonds. The van der Waals surface area contributed by atoms with Crippen LogP contribution in [0.3, 0.4) is 0 Å². The average molecular weight is 1370 g/mol. The second kappa shape index (κ2) is 30.9. The minimum atomic E-state index is -0.0339. The van der Waals surface area contributed by atoms with Crippen molar-refractivity contribution < 1.29 is 24.2 Å². The Morgan fingerprint density at radius 1 is 0.474 bits per heavy atom. The van der Waals surface area contributed by atoms with Crippen LogP contribution in [0.1, 0.15) is 167 Å². The number of aliphatic hydroxyl groups is 1. The van der Waals surface area contributed by atoms with Gasteiger partial charge in [-0.2, -0.15) is 0 Å². The van der Waals surface area contributed by atoms with E-state index in [9.17, 15) is 14.4 Å². The van der Waals surface area contributed by atoms with Gasteiger partial charge in [-0.25, -0.2) is 15.0 Å². The Hall–Kier alpha value is -8.49. The SMILES string of the molecule is CO.COc1cc2c([nH]1)CCCC2.Cl.O=C1Cc2cc(-c3csc(-c4ccccc4)n3)ccc2N1.O=C1Nc2ccc(-c3csc(C4CCCCC4)n3)cc2/C1=C/c1cc2c([nH]1)CCCC2.O=C1Nc2ccc(-c3csc(C4CCNCC4)n3)cc2/C1=C/c1cc2c([nH]1)CCCC2. The largest absolute Gasteiger partial charge is 0.482 e. The number of methoxy groups -OCH3 is 1. The fourth-order valence-electron chi connectivity index (χ4n) is 14.5. The molecular weight excluding hydrogens is 1290 g/mol. The Morgan fingerprint density at radius 3 is 1.49 bits per heavy atom. The van der Waals surface area contributed by atoms with Gasteiger partial charge in [0, 0.05) is 120 Å². The van der Waals surface area contributed by atoms with Crippen molar-refractivity contribution in [3.8, 4) is 50.2 Å². The van der Waals surface area contributed by atoms with Gasteiger partial charge in [0.25, 0.3) is 11.8 Å². The zero-order chi connectivity index (χ0) is 65.5. The number of piperidine rings is 1. The smallest absolute Gasteiger partial charge is 0.256 e. The van der Waals surface area contributed by atoms with Gasteiger partial charge in [0.05, 0.1) is 51.8 Å². The van der Waals surface area contributed by atoms with Crippen molar-refractivity contribution in [3.05, 3.63) is 191 Å². The maximum atomic E-state index is 12.7. The molecule has 0 bridgehead atoms. The van der Waals surface area contributed by atoms with E-state index in [1.165, 1.54) is 127 Å². The number of ether oxygens (including phenoxy) is 1. The number of aryl methyl sites for hydroxylation is 6. The van der Waals surface area contributed by atoms with Gasteiger partial charge in [0.1, 0.15) is 5.01 Å². The van der Waals surface area contributed by atoms with Crippen LogP contribution in [0.4, 0.5) is 17.1 Å². The highest BCUT2D eigenvalue weighted by Crippen LogP contribution is 2.42. The number of anilines is 3. The number of carbonyl (C=O) groups is 3. The first kappa shape index (κ1) is 67.1. The summed E-state index contributed by atoms with van der Waals surface area (Å²) in [5.41, 5.74) is 24.8. The van der Waals surface area contributed by atoms with Crippen molar-refractivity contribution in [2.45, 2.75) is 140 Å². The number of rotatable bonds is 9. The number of aromatic amines is 3. The van der Waals surface area contributed by atoms with Crippen molar-refractivity contribution in [1.29, 1.82) is 0 Å². The van der Waals surface area contributed by atoms with Crippen LogP contribution in [-0.2, 0) is 59.3 Å². The second-order valence-electron chi connectivity index (χ2n) is 26.0. The monoisotopic (exact) mass is 1370 g/mol. The summed E-state index contributed by atoms with van der Waals surface area (Å²) in [5.74, 6) is 2.10. The molecule has 10 heterocycles. The minimum Gasteiger partial charge on any atom is -0.482 e. The van der Waals surface area contributed by atoms with Crippen LogP contribution in [-0.4, -0.2) is 80.0 Å². The van der Waals surface area contributed by atoms with Gasteiger partial charge in [0.15, 0.2) is 5.88 Å². The maximum Gasteiger partial charge on any atom is 0.256 e. The zero-order valence-corrected chi connectivity index (χ0v) is 58.2. The first-order chi connectivity index (χ1) is 47.2. The number of amides is 3. The van der Waals surface area contributed by atoms with Crippen LogP contribution < -0.4 is 26.0 Å². The lowest BCUT2D eigenvalue weighted by molar-refractivity contribution is -0.115. The maximum absolute atomic E-state index is 12.7. The van der Waals surface area contributed by atoms with Gasteiger partial charge in [-0.1, -0.05) is 67.8 Å². The number of H-pyrrole nitrogens is 3. The molecule has 15 nitrogen and oxygen atoms in total. The number of hydrogen-bond donors (Lipinski definition) is 8. The van der Waals surface area contributed by atoms with Gasteiger partial charge in [-0.05, 0) is 199 Å². The van der Waals surface area contributed by atoms with E-state index in [4.69, 9.17) is 24.8 Å². The summed E-state index contributed by atoms with van der Waals surface area (Å²) in [6.45, 7) is 2.14. The van der Waals surface area contributed by atoms with E-state index >= 15 is 0 Å². The van der Waals surface area contributed by atoms with E-state index in [1.54, 1.807) is 41.1 Å². The number of thiazole rings is 3. The van der Waals surface area contributed by atoms with Gasteiger partial charge >= 0.3 is 0 Å². The molecule has 4 aromatic carbocycles. The molecule has 0 unspecified atom stereocenters. The number of benzene rings is 4. The summed E-state index contributed by atoms with van der Waals surface area (Å²) in [6.07, 6.45) is 27.8. The Labute approximate surface area is 585 Å². The minimum absolute atomic E-state index is 0. The van der Waals surface area contributed by atoms with Crippen molar-refractivity contribution in [2.75, 3.05) is 43.3 Å². The number of aliphatic hydroxyl groups excluding tert-OH is 1. The molecule has 4 aliphatic carbocycles. The third kappa shape index (κ3) is 15.3. The van der Waals surface area contributed by atoms with Crippen molar-refractivity contribution in [3.63, 3.8) is 0 Å². The fraction of sp³-hybridized carbons (Fsp3) is 0.333. The van der Waals surface area contributed by atoms with E-state index in [0.717, 1.165) is 165 Å². The molecular formula is C78H83ClN10O5S3. The predicted molar refractivity (Wildman–Crippen MR) is 398 cm³/mol. The van der Waals surface area contributed by atoms with E-state index in [-0.39, 0.29) is 30.1 Å². The summed E-state index contributed by atoms with van der Waals surface area (Å²) in [6, 6.07) is 35.1. The normalized spacial score (nSPS) is 17.5. The number of nitrogens with one attached hydrogen (secondary N) is 7. The third-order valence-corrected chi connectivity index (χ3v) is 22.5. The number of halogens is 1. The van der Waals surface area contributed by atoms with Crippen molar-refractivity contribution >= 4 is 104 Å². The lowest BCUT2D eigenvalue weighted by Gasteiger charge is -2.20. The summed E-state index contributed by atoms with van der Waals surface area (Å²) in [7, 11) is 2.71. The van der Waals surface area contributed by atoms with Gasteiger partial charge in [0.2, 0.25) is 5.91 Å². The summed E-state index contributed by atoms with van der Waals surface area (Å²) in [4.78, 5) is 61.8. The molecule has 0 radical (unpaired) electrons. The number of fused-ring (bicyclic) bond motifs is 6. The molecule has 4 aliphatic heterocycles. The fourth-order valence-corrected chi connectivity index (χ4v) is 17.4. The Morgan fingerprint density at radius 2 is 0.959 bits per heavy atom. The van der Waals surface area contributed by atoms with Gasteiger partial charge in [-0.15, -0.1) is 46.4 Å². The summed E-state index contributed by atoms with van der Waals surface area (Å²) >= 11 is 5.19. The molecule has 8 N–H and O–H groups in total. The molecule has 10 aromatic rings. The Bertz CT molecular complexity index is 4260. The van der Waals surface area contributed by atoms with Crippen LogP contribution in [0, 0.1) is 0 Å². The average Bonchev–Trinajstić information content (AvgIpc) is 1.65. The number of hydrogen-bond acceptors (Lipinski definition) is 12. The molecule has 500 valence electrons. The van der Waals surface area contributed by atoms with Crippen LogP contribution in [0.5, 0.6) is 5.88 Å². The highest BCUT2D eigenvalue weighted by atomic mass is 35.5. The molecule has 1 saturated heterocycles. The molecule has 0 atom stereocenters. The lowest BCUT2D eigenvalue weighted by Crippen LogP contribution is -2.26. The van der Waals surface area contributed by atoms with Crippen LogP contribution >= 0.6 is 46.4 Å². The lowest BCUT2D eigenvalue weighted by atomic mass is 9.90. The molecule has 0 spiro atoms. The molecule has 97 heavy (non-hydrogen) atoms. The van der Waals surface area contributed by atoms with Crippen molar-refractivity contribution in [1.82, 2.24) is 35.2 Å². The molecule has 2 fully saturated rings. The second-order valence-corrected chi connectivity index (χ2v) is 28.6. The molecule has 6 aromatic heterocycles. The number of carbonyl (C=O) groups excluding carboxylic acids is 3.